The predicted octanol–water partition coefficient (Wildman–Crippen LogP) is 2.42. The molecule has 3 atom stereocenters. The van der Waals surface area contributed by atoms with E-state index in [0.717, 1.165) is 19.3 Å². The second kappa shape index (κ2) is 7.07. The summed E-state index contributed by atoms with van der Waals surface area (Å²) in [5.74, 6) is 0.253. The maximum Gasteiger partial charge on any atom is 0.224 e. The zero-order valence-corrected chi connectivity index (χ0v) is 13.6. The minimum Gasteiger partial charge on any atom is -0.359 e. The van der Waals surface area contributed by atoms with Crippen LogP contribution in [0.5, 0.6) is 0 Å². The summed E-state index contributed by atoms with van der Waals surface area (Å²) >= 11 is 0. The first kappa shape index (κ1) is 16.0. The molecule has 21 heavy (non-hydrogen) atoms. The van der Waals surface area contributed by atoms with Gasteiger partial charge in [0.15, 0.2) is 0 Å². The van der Waals surface area contributed by atoms with E-state index < -0.39 is 0 Å². The number of aromatic nitrogens is 2. The van der Waals surface area contributed by atoms with Crippen LogP contribution >= 0.6 is 0 Å². The van der Waals surface area contributed by atoms with Gasteiger partial charge in [-0.3, -0.25) is 9.48 Å². The predicted molar refractivity (Wildman–Crippen MR) is 84.0 cm³/mol. The van der Waals surface area contributed by atoms with Crippen LogP contribution in [-0.2, 0) is 4.79 Å². The number of nitrogens with zero attached hydrogens (tertiary/aromatic N) is 2. The minimum absolute atomic E-state index is 0.0892. The summed E-state index contributed by atoms with van der Waals surface area (Å²) in [7, 11) is 1.73. The van der Waals surface area contributed by atoms with Crippen molar-refractivity contribution in [2.24, 2.45) is 5.92 Å². The Morgan fingerprint density at radius 3 is 2.67 bits per heavy atom. The van der Waals surface area contributed by atoms with E-state index >= 15 is 0 Å². The molecule has 0 bridgehead atoms. The van der Waals surface area contributed by atoms with Gasteiger partial charge in [0.2, 0.25) is 5.91 Å². The highest BCUT2D eigenvalue weighted by Gasteiger charge is 2.31. The van der Waals surface area contributed by atoms with Gasteiger partial charge in [0, 0.05) is 36.9 Å². The van der Waals surface area contributed by atoms with Crippen LogP contribution in [0.4, 0.5) is 0 Å². The Morgan fingerprint density at radius 2 is 2.05 bits per heavy atom. The van der Waals surface area contributed by atoms with Crippen molar-refractivity contribution in [2.45, 2.75) is 64.6 Å². The number of nitrogens with one attached hydrogen (secondary N) is 2. The van der Waals surface area contributed by atoms with Crippen molar-refractivity contribution >= 4 is 5.91 Å². The lowest BCUT2D eigenvalue weighted by Gasteiger charge is -2.33. The molecule has 2 N–H and O–H groups in total. The molecule has 1 aliphatic rings. The van der Waals surface area contributed by atoms with Crippen LogP contribution in [0, 0.1) is 5.92 Å². The van der Waals surface area contributed by atoms with Gasteiger partial charge in [-0.15, -0.1) is 0 Å². The Bertz CT molecular complexity index is 469. The van der Waals surface area contributed by atoms with Crippen LogP contribution in [0.1, 0.15) is 64.1 Å². The van der Waals surface area contributed by atoms with Crippen molar-refractivity contribution in [2.75, 3.05) is 7.05 Å². The highest BCUT2D eigenvalue weighted by atomic mass is 16.1. The highest BCUT2D eigenvalue weighted by Crippen LogP contribution is 2.27. The van der Waals surface area contributed by atoms with Gasteiger partial charge in [-0.1, -0.05) is 12.8 Å². The van der Waals surface area contributed by atoms with Crippen LogP contribution in [-0.4, -0.2) is 28.8 Å². The van der Waals surface area contributed by atoms with Gasteiger partial charge in [0.25, 0.3) is 0 Å². The van der Waals surface area contributed by atoms with Crippen LogP contribution in [0.3, 0.4) is 0 Å². The minimum atomic E-state index is 0.0892. The Labute approximate surface area is 127 Å². The third kappa shape index (κ3) is 3.84. The smallest absolute Gasteiger partial charge is 0.224 e. The molecule has 0 radical (unpaired) electrons. The molecule has 1 fully saturated rings. The number of carbonyl (C=O) groups is 1. The average molecular weight is 292 g/mol. The van der Waals surface area contributed by atoms with Crippen molar-refractivity contribution in [3.63, 3.8) is 0 Å². The van der Waals surface area contributed by atoms with Crippen LogP contribution < -0.4 is 10.6 Å². The molecule has 1 aliphatic carbocycles. The molecule has 0 unspecified atom stereocenters. The van der Waals surface area contributed by atoms with Gasteiger partial charge in [0.1, 0.15) is 0 Å². The fourth-order valence-corrected chi connectivity index (χ4v) is 3.11. The average Bonchev–Trinajstić information content (AvgIpc) is 2.97. The fraction of sp³-hybridized carbons (Fsp3) is 0.750. The summed E-state index contributed by atoms with van der Waals surface area (Å²) < 4.78 is 1.98. The molecule has 1 aromatic heterocycles. The van der Waals surface area contributed by atoms with Crippen molar-refractivity contribution in [3.8, 4) is 0 Å². The summed E-state index contributed by atoms with van der Waals surface area (Å²) in [6.45, 7) is 6.40. The molecule has 1 aromatic rings. The molecular weight excluding hydrogens is 264 g/mol. The SMILES string of the molecule is CNC(=O)[C@@H]1CCCC[C@H]1N[C@@H](C)c1cnn(C(C)C)c1. The van der Waals surface area contributed by atoms with Crippen molar-refractivity contribution < 1.29 is 4.79 Å². The van der Waals surface area contributed by atoms with Crippen LogP contribution in [0.25, 0.3) is 0 Å². The maximum absolute atomic E-state index is 12.0. The second-order valence-electron chi connectivity index (χ2n) is 6.35. The summed E-state index contributed by atoms with van der Waals surface area (Å²) in [6, 6.07) is 0.850. The molecule has 1 saturated carbocycles. The van der Waals surface area contributed by atoms with Crippen molar-refractivity contribution in [1.29, 1.82) is 0 Å². The van der Waals surface area contributed by atoms with E-state index in [1.807, 2.05) is 10.9 Å². The summed E-state index contributed by atoms with van der Waals surface area (Å²) in [6.07, 6.45) is 8.42. The number of carbonyl (C=O) groups excluding carboxylic acids is 1. The van der Waals surface area contributed by atoms with E-state index in [4.69, 9.17) is 0 Å². The molecule has 5 nitrogen and oxygen atoms in total. The van der Waals surface area contributed by atoms with Gasteiger partial charge in [-0.2, -0.15) is 5.10 Å². The Morgan fingerprint density at radius 1 is 1.33 bits per heavy atom. The topological polar surface area (TPSA) is 59.0 Å². The number of amides is 1. The standard InChI is InChI=1S/C16H28N4O/c1-11(2)20-10-13(9-18-20)12(3)19-15-8-6-5-7-14(15)16(21)17-4/h9-12,14-15,19H,5-8H2,1-4H3,(H,17,21)/t12-,14+,15+/m0/s1. The van der Waals surface area contributed by atoms with Gasteiger partial charge in [0.05, 0.1) is 12.1 Å². The summed E-state index contributed by atoms with van der Waals surface area (Å²) in [5, 5.41) is 10.8. The van der Waals surface area contributed by atoms with Gasteiger partial charge < -0.3 is 10.6 Å². The molecule has 0 aliphatic heterocycles. The third-order valence-corrected chi connectivity index (χ3v) is 4.46. The third-order valence-electron chi connectivity index (χ3n) is 4.46. The van der Waals surface area contributed by atoms with Gasteiger partial charge >= 0.3 is 0 Å². The number of rotatable bonds is 5. The molecule has 0 aromatic carbocycles. The molecule has 0 spiro atoms. The van der Waals surface area contributed by atoms with Crippen LogP contribution in [0.2, 0.25) is 0 Å². The number of hydrogen-bond donors (Lipinski definition) is 2. The Hall–Kier alpha value is -1.36. The quantitative estimate of drug-likeness (QED) is 0.876. The zero-order chi connectivity index (χ0) is 15.4. The van der Waals surface area contributed by atoms with Crippen molar-refractivity contribution in [3.05, 3.63) is 18.0 Å². The van der Waals surface area contributed by atoms with Crippen LogP contribution in [0.15, 0.2) is 12.4 Å². The lowest BCUT2D eigenvalue weighted by atomic mass is 9.83. The first-order valence-corrected chi connectivity index (χ1v) is 8.04. The summed E-state index contributed by atoms with van der Waals surface area (Å²) in [4.78, 5) is 12.0. The van der Waals surface area contributed by atoms with E-state index in [9.17, 15) is 4.79 Å². The van der Waals surface area contributed by atoms with E-state index in [1.165, 1.54) is 12.0 Å². The van der Waals surface area contributed by atoms with E-state index in [2.05, 4.69) is 42.7 Å². The Kier molecular flexibility index (Phi) is 5.39. The zero-order valence-electron chi connectivity index (χ0n) is 13.6. The van der Waals surface area contributed by atoms with Gasteiger partial charge in [-0.05, 0) is 33.6 Å². The molecule has 1 heterocycles. The van der Waals surface area contributed by atoms with Crippen molar-refractivity contribution in [1.82, 2.24) is 20.4 Å². The second-order valence-corrected chi connectivity index (χ2v) is 6.35. The molecule has 2 rings (SSSR count). The normalized spacial score (nSPS) is 24.0. The van der Waals surface area contributed by atoms with Gasteiger partial charge in [-0.25, -0.2) is 0 Å². The largest absolute Gasteiger partial charge is 0.359 e. The van der Waals surface area contributed by atoms with E-state index in [0.29, 0.717) is 6.04 Å². The first-order chi connectivity index (χ1) is 10.0. The highest BCUT2D eigenvalue weighted by molar-refractivity contribution is 5.79. The van der Waals surface area contributed by atoms with E-state index in [-0.39, 0.29) is 23.9 Å². The monoisotopic (exact) mass is 292 g/mol. The molecule has 5 heteroatoms. The summed E-state index contributed by atoms with van der Waals surface area (Å²) in [5.41, 5.74) is 1.19. The lowest BCUT2D eigenvalue weighted by molar-refractivity contribution is -0.126. The maximum atomic E-state index is 12.0. The van der Waals surface area contributed by atoms with E-state index in [1.54, 1.807) is 7.05 Å². The lowest BCUT2D eigenvalue weighted by Crippen LogP contribution is -2.46. The Balaban J connectivity index is 2.02. The fourth-order valence-electron chi connectivity index (χ4n) is 3.11. The molecule has 118 valence electrons. The number of hydrogen-bond acceptors (Lipinski definition) is 3. The molecule has 0 saturated heterocycles. The first-order valence-electron chi connectivity index (χ1n) is 8.04. The molecule has 1 amide bonds. The molecular formula is C16H28N4O.